The Morgan fingerprint density at radius 2 is 0.759 bits per heavy atom. The van der Waals surface area contributed by atoms with Crippen molar-refractivity contribution in [1.82, 2.24) is 14.7 Å². The van der Waals surface area contributed by atoms with Crippen LogP contribution in [0, 0.1) is 0 Å². The van der Waals surface area contributed by atoms with Gasteiger partial charge in [0, 0.05) is 131 Å². The number of carbonyl (C=O) groups is 9. The first kappa shape index (κ1) is 64.9. The van der Waals surface area contributed by atoms with Gasteiger partial charge in [-0.3, -0.25) is 24.0 Å². The number of nitrogens with one attached hydrogen (secondary N) is 3. The van der Waals surface area contributed by atoms with Crippen molar-refractivity contribution in [2.45, 2.75) is 95.5 Å². The summed E-state index contributed by atoms with van der Waals surface area (Å²) in [4.78, 5) is 105. The average Bonchev–Trinajstić information content (AvgIpc) is 4.24. The second-order valence-electron chi connectivity index (χ2n) is 18.4. The molecule has 434 valence electrons. The lowest BCUT2D eigenvalue weighted by atomic mass is 9.95. The van der Waals surface area contributed by atoms with Crippen LogP contribution in [0.3, 0.4) is 0 Å². The maximum atomic E-state index is 12.0. The monoisotopic (exact) mass is 1110 g/mol. The number of benzene rings is 3. The standard InChI is InChI=1S/3C16H22N2O4.C6H8O7/c3*1-4-18(2)16(20)22-13-7-5-6-12-15(13)11(10-17-12)8-9-14(19)21-3;7-3(8)1-6(13,5(11)12)2-4(9)10/h3*5-7,11,17H,4,8-10H2,1-3H3;13H,1-2H2,(H,7,8)(H,9,10)(H,11,12). The summed E-state index contributed by atoms with van der Waals surface area (Å²) in [5, 5.41) is 43.7. The zero-order valence-electron chi connectivity index (χ0n) is 46.1. The van der Waals surface area contributed by atoms with Crippen LogP contribution in [0.5, 0.6) is 17.2 Å². The molecular formula is C54H74N6O19. The number of rotatable bonds is 20. The summed E-state index contributed by atoms with van der Waals surface area (Å²) in [5.74, 6) is -3.64. The number of aliphatic hydroxyl groups is 1. The van der Waals surface area contributed by atoms with Gasteiger partial charge in [-0.1, -0.05) is 18.2 Å². The fraction of sp³-hybridized carbons (Fsp3) is 0.500. The number of carboxylic acid groups (broad SMARTS) is 3. The van der Waals surface area contributed by atoms with Crippen molar-refractivity contribution in [2.75, 3.05) is 97.7 Å². The summed E-state index contributed by atoms with van der Waals surface area (Å²) in [7, 11) is 9.24. The van der Waals surface area contributed by atoms with Gasteiger partial charge >= 0.3 is 54.1 Å². The molecule has 6 rings (SSSR count). The van der Waals surface area contributed by atoms with Crippen LogP contribution in [0.1, 0.15) is 107 Å². The van der Waals surface area contributed by atoms with E-state index in [0.717, 1.165) is 53.4 Å². The molecule has 3 aromatic rings. The van der Waals surface area contributed by atoms with Gasteiger partial charge in [0.05, 0.1) is 34.2 Å². The Balaban J connectivity index is 0.000000282. The highest BCUT2D eigenvalue weighted by Gasteiger charge is 2.41. The lowest BCUT2D eigenvalue weighted by Crippen LogP contribution is -2.42. The highest BCUT2D eigenvalue weighted by Crippen LogP contribution is 2.43. The quantitative estimate of drug-likeness (QED) is 0.0466. The molecule has 25 nitrogen and oxygen atoms in total. The summed E-state index contributed by atoms with van der Waals surface area (Å²) in [6.07, 6.45) is -0.416. The summed E-state index contributed by atoms with van der Waals surface area (Å²) in [6, 6.07) is 16.8. The smallest absolute Gasteiger partial charge is 0.414 e. The van der Waals surface area contributed by atoms with Gasteiger partial charge in [0.15, 0.2) is 5.60 Å². The lowest BCUT2D eigenvalue weighted by Gasteiger charge is -2.18. The second kappa shape index (κ2) is 31.8. The van der Waals surface area contributed by atoms with Crippen molar-refractivity contribution in [3.8, 4) is 17.2 Å². The van der Waals surface area contributed by atoms with Crippen LogP contribution in [0.4, 0.5) is 31.4 Å². The van der Waals surface area contributed by atoms with Gasteiger partial charge in [0.1, 0.15) is 17.2 Å². The molecule has 3 aliphatic rings. The Hall–Kier alpha value is -8.35. The molecule has 0 aromatic heterocycles. The number of fused-ring (bicyclic) bond motifs is 3. The van der Waals surface area contributed by atoms with Crippen molar-refractivity contribution in [2.24, 2.45) is 0 Å². The first-order valence-electron chi connectivity index (χ1n) is 25.5. The summed E-state index contributed by atoms with van der Waals surface area (Å²) in [6.45, 7) is 9.58. The number of aliphatic carboxylic acids is 3. The Morgan fingerprint density at radius 1 is 0.494 bits per heavy atom. The van der Waals surface area contributed by atoms with Crippen LogP contribution < -0.4 is 30.2 Å². The van der Waals surface area contributed by atoms with E-state index in [1.165, 1.54) is 36.0 Å². The molecule has 0 bridgehead atoms. The van der Waals surface area contributed by atoms with Crippen molar-refractivity contribution in [1.29, 1.82) is 0 Å². The molecule has 3 amide bonds. The van der Waals surface area contributed by atoms with Crippen LogP contribution in [-0.2, 0) is 43.0 Å². The van der Waals surface area contributed by atoms with E-state index in [1.807, 2.05) is 57.2 Å². The van der Waals surface area contributed by atoms with E-state index >= 15 is 0 Å². The Morgan fingerprint density at radius 3 is 0.975 bits per heavy atom. The molecule has 0 spiro atoms. The van der Waals surface area contributed by atoms with Crippen molar-refractivity contribution < 1.29 is 92.0 Å². The number of hydrogen-bond acceptors (Lipinski definition) is 19. The fourth-order valence-electron chi connectivity index (χ4n) is 8.17. The molecule has 0 aliphatic carbocycles. The SMILES string of the molecule is CCN(C)C(=O)Oc1cccc2c1C(CCC(=O)OC)CN2.CCN(C)C(=O)Oc1cccc2c1C(CCC(=O)OC)CN2.CCN(C)C(=O)Oc1cccc2c1C(CCC(=O)OC)CN2.O=C(O)CC(O)(CC(=O)O)C(=O)O. The second-order valence-corrected chi connectivity index (χ2v) is 18.4. The molecular weight excluding hydrogens is 1040 g/mol. The molecule has 3 unspecified atom stereocenters. The van der Waals surface area contributed by atoms with Crippen LogP contribution in [0.25, 0.3) is 0 Å². The molecule has 0 radical (unpaired) electrons. The zero-order valence-corrected chi connectivity index (χ0v) is 46.1. The Labute approximate surface area is 458 Å². The maximum absolute atomic E-state index is 12.0. The normalized spacial score (nSPS) is 14.9. The number of nitrogens with zero attached hydrogens (tertiary/aromatic N) is 3. The minimum Gasteiger partial charge on any atom is -0.481 e. The maximum Gasteiger partial charge on any atom is 0.414 e. The minimum atomic E-state index is -2.74. The number of methoxy groups -OCH3 is 3. The number of carbonyl (C=O) groups excluding carboxylic acids is 6. The van der Waals surface area contributed by atoms with Crippen LogP contribution in [0.2, 0.25) is 0 Å². The summed E-state index contributed by atoms with van der Waals surface area (Å²) < 4.78 is 30.6. The third-order valence-corrected chi connectivity index (χ3v) is 13.0. The number of ether oxygens (including phenoxy) is 6. The third kappa shape index (κ3) is 19.6. The summed E-state index contributed by atoms with van der Waals surface area (Å²) >= 11 is 0. The van der Waals surface area contributed by atoms with Gasteiger partial charge in [-0.15, -0.1) is 0 Å². The molecule has 0 fully saturated rings. The van der Waals surface area contributed by atoms with Gasteiger partial charge in [0.2, 0.25) is 0 Å². The lowest BCUT2D eigenvalue weighted by molar-refractivity contribution is -0.170. The van der Waals surface area contributed by atoms with Gasteiger partial charge in [-0.2, -0.15) is 0 Å². The number of esters is 3. The summed E-state index contributed by atoms with van der Waals surface area (Å²) in [5.41, 5.74) is 3.02. The Bertz CT molecular complexity index is 2360. The molecule has 3 heterocycles. The average molecular weight is 1110 g/mol. The first-order chi connectivity index (χ1) is 37.5. The van der Waals surface area contributed by atoms with Crippen molar-refractivity contribution in [3.63, 3.8) is 0 Å². The molecule has 0 saturated carbocycles. The first-order valence-corrected chi connectivity index (χ1v) is 25.5. The van der Waals surface area contributed by atoms with Gasteiger partial charge in [0.25, 0.3) is 0 Å². The van der Waals surface area contributed by atoms with Gasteiger partial charge < -0.3 is 79.5 Å². The molecule has 25 heteroatoms. The highest BCUT2D eigenvalue weighted by atomic mass is 16.6. The van der Waals surface area contributed by atoms with E-state index in [1.54, 1.807) is 39.3 Å². The fourth-order valence-corrected chi connectivity index (χ4v) is 8.17. The topological polar surface area (TPSA) is 336 Å². The van der Waals surface area contributed by atoms with E-state index in [0.29, 0.717) is 75.4 Å². The van der Waals surface area contributed by atoms with E-state index in [9.17, 15) is 43.2 Å². The van der Waals surface area contributed by atoms with E-state index in [2.05, 4.69) is 30.2 Å². The number of anilines is 3. The van der Waals surface area contributed by atoms with E-state index < -0.39 is 36.4 Å². The number of amides is 3. The number of hydrogen-bond donors (Lipinski definition) is 7. The third-order valence-electron chi connectivity index (χ3n) is 13.0. The van der Waals surface area contributed by atoms with E-state index in [-0.39, 0.29) is 53.9 Å². The van der Waals surface area contributed by atoms with Gasteiger partial charge in [-0.05, 0) is 76.4 Å². The predicted molar refractivity (Wildman–Crippen MR) is 287 cm³/mol. The van der Waals surface area contributed by atoms with E-state index in [4.69, 9.17) is 34.6 Å². The molecule has 0 saturated heterocycles. The molecule has 3 atom stereocenters. The predicted octanol–water partition coefficient (Wildman–Crippen LogP) is 6.55. The molecule has 7 N–H and O–H groups in total. The largest absolute Gasteiger partial charge is 0.481 e. The van der Waals surface area contributed by atoms with Crippen LogP contribution in [-0.4, -0.2) is 177 Å². The minimum absolute atomic E-state index is 0.130. The number of carboxylic acids is 3. The molecule has 3 aliphatic heterocycles. The van der Waals surface area contributed by atoms with Crippen LogP contribution in [0.15, 0.2) is 54.6 Å². The zero-order chi connectivity index (χ0) is 59.0. The van der Waals surface area contributed by atoms with Crippen molar-refractivity contribution >= 4 is 71.2 Å². The van der Waals surface area contributed by atoms with Crippen molar-refractivity contribution in [3.05, 3.63) is 71.3 Å². The Kier molecular flexibility index (Phi) is 26.1. The molecule has 79 heavy (non-hydrogen) atoms. The highest BCUT2D eigenvalue weighted by molar-refractivity contribution is 5.88. The van der Waals surface area contributed by atoms with Crippen LogP contribution >= 0.6 is 0 Å². The van der Waals surface area contributed by atoms with Gasteiger partial charge in [-0.25, -0.2) is 19.2 Å². The molecule has 3 aromatic carbocycles.